The van der Waals surface area contributed by atoms with E-state index in [9.17, 15) is 4.79 Å². The number of benzene rings is 4. The lowest BCUT2D eigenvalue weighted by atomic mass is 9.95. The minimum absolute atomic E-state index is 0.0339. The Labute approximate surface area is 190 Å². The second-order valence-electron chi connectivity index (χ2n) is 7.66. The van der Waals surface area contributed by atoms with Crippen LogP contribution in [0, 0.1) is 0 Å². The van der Waals surface area contributed by atoms with Crippen molar-refractivity contribution in [1.29, 1.82) is 0 Å². The van der Waals surface area contributed by atoms with Crippen LogP contribution in [0.4, 0.5) is 0 Å². The van der Waals surface area contributed by atoms with Gasteiger partial charge in [-0.15, -0.1) is 0 Å². The summed E-state index contributed by atoms with van der Waals surface area (Å²) in [5, 5.41) is 0. The van der Waals surface area contributed by atoms with Crippen molar-refractivity contribution < 1.29 is 4.79 Å². The summed E-state index contributed by atoms with van der Waals surface area (Å²) in [7, 11) is 0. The smallest absolute Gasteiger partial charge is 0.193 e. The van der Waals surface area contributed by atoms with Crippen molar-refractivity contribution in [2.24, 2.45) is 0 Å². The van der Waals surface area contributed by atoms with Crippen molar-refractivity contribution in [3.63, 3.8) is 0 Å². The molecule has 4 aromatic carbocycles. The van der Waals surface area contributed by atoms with Crippen molar-refractivity contribution in [3.8, 4) is 22.3 Å². The standard InChI is InChI=1S/C31H26O/c1-3-9-23-11-5-7-13-29(23)25-15-19-27(20-16-25)31(32)28-21-17-26(18-22-28)30-14-8-6-12-24(30)10-4-2/h3-22H,1-2H3. The first-order valence-corrected chi connectivity index (χ1v) is 10.9. The minimum atomic E-state index is 0.0339. The average molecular weight is 415 g/mol. The summed E-state index contributed by atoms with van der Waals surface area (Å²) in [6.07, 6.45) is 8.28. The van der Waals surface area contributed by atoms with Gasteiger partial charge in [0.15, 0.2) is 5.78 Å². The fraction of sp³-hybridized carbons (Fsp3) is 0.0645. The molecule has 0 heterocycles. The van der Waals surface area contributed by atoms with Crippen LogP contribution in [-0.4, -0.2) is 5.78 Å². The molecule has 0 fully saturated rings. The van der Waals surface area contributed by atoms with Gasteiger partial charge in [-0.25, -0.2) is 0 Å². The Morgan fingerprint density at radius 1 is 0.531 bits per heavy atom. The van der Waals surface area contributed by atoms with E-state index in [1.54, 1.807) is 0 Å². The van der Waals surface area contributed by atoms with Gasteiger partial charge < -0.3 is 0 Å². The summed E-state index contributed by atoms with van der Waals surface area (Å²) < 4.78 is 0. The van der Waals surface area contributed by atoms with Gasteiger partial charge in [-0.3, -0.25) is 4.79 Å². The lowest BCUT2D eigenvalue weighted by Crippen LogP contribution is -2.01. The van der Waals surface area contributed by atoms with Gasteiger partial charge in [0, 0.05) is 11.1 Å². The second kappa shape index (κ2) is 9.89. The highest BCUT2D eigenvalue weighted by atomic mass is 16.1. The van der Waals surface area contributed by atoms with Crippen molar-refractivity contribution in [2.45, 2.75) is 13.8 Å². The van der Waals surface area contributed by atoms with E-state index in [2.05, 4.69) is 36.4 Å². The number of ketones is 1. The zero-order chi connectivity index (χ0) is 22.3. The van der Waals surface area contributed by atoms with Crippen LogP contribution in [0.15, 0.2) is 109 Å². The SMILES string of the molecule is CC=Cc1ccccc1-c1ccc(C(=O)c2ccc(-c3ccccc3C=CC)cc2)cc1. The summed E-state index contributed by atoms with van der Waals surface area (Å²) in [5.41, 5.74) is 8.25. The Hall–Kier alpha value is -3.97. The van der Waals surface area contributed by atoms with E-state index in [1.807, 2.05) is 98.8 Å². The van der Waals surface area contributed by atoms with Crippen molar-refractivity contribution in [2.75, 3.05) is 0 Å². The third-order valence-electron chi connectivity index (χ3n) is 5.53. The minimum Gasteiger partial charge on any atom is -0.289 e. The molecule has 0 aliphatic carbocycles. The third kappa shape index (κ3) is 4.53. The maximum absolute atomic E-state index is 13.1. The zero-order valence-electron chi connectivity index (χ0n) is 18.5. The van der Waals surface area contributed by atoms with Crippen LogP contribution in [0.1, 0.15) is 40.9 Å². The fourth-order valence-electron chi connectivity index (χ4n) is 3.94. The monoisotopic (exact) mass is 414 g/mol. The summed E-state index contributed by atoms with van der Waals surface area (Å²) in [6, 6.07) is 32.3. The number of carbonyl (C=O) groups excluding carboxylic acids is 1. The molecule has 4 aromatic rings. The Morgan fingerprint density at radius 3 is 1.28 bits per heavy atom. The van der Waals surface area contributed by atoms with Crippen LogP contribution in [0.2, 0.25) is 0 Å². The Morgan fingerprint density at radius 2 is 0.906 bits per heavy atom. The van der Waals surface area contributed by atoms with Gasteiger partial charge in [0.05, 0.1) is 0 Å². The molecular weight excluding hydrogens is 388 g/mol. The zero-order valence-corrected chi connectivity index (χ0v) is 18.5. The van der Waals surface area contributed by atoms with Gasteiger partial charge in [-0.2, -0.15) is 0 Å². The lowest BCUT2D eigenvalue weighted by Gasteiger charge is -2.09. The molecule has 1 heteroatoms. The largest absolute Gasteiger partial charge is 0.289 e. The van der Waals surface area contributed by atoms with Gasteiger partial charge in [-0.05, 0) is 47.2 Å². The van der Waals surface area contributed by atoms with E-state index in [0.29, 0.717) is 11.1 Å². The van der Waals surface area contributed by atoms with Crippen LogP contribution in [0.3, 0.4) is 0 Å². The first-order valence-electron chi connectivity index (χ1n) is 10.9. The summed E-state index contributed by atoms with van der Waals surface area (Å²) in [6.45, 7) is 4.03. The predicted molar refractivity (Wildman–Crippen MR) is 137 cm³/mol. The van der Waals surface area contributed by atoms with E-state index in [4.69, 9.17) is 0 Å². The highest BCUT2D eigenvalue weighted by Crippen LogP contribution is 2.27. The number of carbonyl (C=O) groups is 1. The molecule has 0 spiro atoms. The summed E-state index contributed by atoms with van der Waals surface area (Å²) in [5.74, 6) is 0.0339. The molecule has 0 saturated heterocycles. The maximum Gasteiger partial charge on any atom is 0.193 e. The van der Waals surface area contributed by atoms with Crippen LogP contribution >= 0.6 is 0 Å². The van der Waals surface area contributed by atoms with Crippen LogP contribution < -0.4 is 0 Å². The first kappa shape index (κ1) is 21.3. The topological polar surface area (TPSA) is 17.1 Å². The van der Waals surface area contributed by atoms with Crippen molar-refractivity contribution in [3.05, 3.63) is 131 Å². The second-order valence-corrected chi connectivity index (χ2v) is 7.66. The van der Waals surface area contributed by atoms with Crippen molar-refractivity contribution in [1.82, 2.24) is 0 Å². The Balaban J connectivity index is 1.58. The molecule has 0 bridgehead atoms. The summed E-state index contributed by atoms with van der Waals surface area (Å²) >= 11 is 0. The molecule has 1 nitrogen and oxygen atoms in total. The molecule has 0 aromatic heterocycles. The average Bonchev–Trinajstić information content (AvgIpc) is 2.85. The van der Waals surface area contributed by atoms with Gasteiger partial charge in [0.25, 0.3) is 0 Å². The van der Waals surface area contributed by atoms with Gasteiger partial charge in [0.2, 0.25) is 0 Å². The van der Waals surface area contributed by atoms with E-state index in [-0.39, 0.29) is 5.78 Å². The van der Waals surface area contributed by atoms with Gasteiger partial charge in [-0.1, -0.05) is 121 Å². The number of allylic oxidation sites excluding steroid dienone is 2. The Kier molecular flexibility index (Phi) is 6.57. The molecular formula is C31H26O. The molecule has 0 aliphatic rings. The highest BCUT2D eigenvalue weighted by molar-refractivity contribution is 6.09. The fourth-order valence-corrected chi connectivity index (χ4v) is 3.94. The highest BCUT2D eigenvalue weighted by Gasteiger charge is 2.11. The number of hydrogen-bond donors (Lipinski definition) is 0. The molecule has 0 saturated carbocycles. The molecule has 0 amide bonds. The van der Waals surface area contributed by atoms with Gasteiger partial charge >= 0.3 is 0 Å². The molecule has 0 unspecified atom stereocenters. The maximum atomic E-state index is 13.1. The van der Waals surface area contributed by atoms with E-state index in [0.717, 1.165) is 22.3 Å². The molecule has 0 radical (unpaired) electrons. The molecule has 4 rings (SSSR count). The number of rotatable bonds is 6. The van der Waals surface area contributed by atoms with E-state index in [1.165, 1.54) is 11.1 Å². The van der Waals surface area contributed by atoms with Crippen LogP contribution in [0.5, 0.6) is 0 Å². The predicted octanol–water partition coefficient (Wildman–Crippen LogP) is 8.32. The van der Waals surface area contributed by atoms with Crippen molar-refractivity contribution >= 4 is 17.9 Å². The quantitative estimate of drug-likeness (QED) is 0.290. The Bertz CT molecular complexity index is 1170. The lowest BCUT2D eigenvalue weighted by molar-refractivity contribution is 0.103. The van der Waals surface area contributed by atoms with Crippen LogP contribution in [0.25, 0.3) is 34.4 Å². The molecule has 32 heavy (non-hydrogen) atoms. The summed E-state index contributed by atoms with van der Waals surface area (Å²) in [4.78, 5) is 13.1. The molecule has 156 valence electrons. The van der Waals surface area contributed by atoms with Gasteiger partial charge in [0.1, 0.15) is 0 Å². The third-order valence-corrected chi connectivity index (χ3v) is 5.53. The number of hydrogen-bond acceptors (Lipinski definition) is 1. The van der Waals surface area contributed by atoms with E-state index >= 15 is 0 Å². The van der Waals surface area contributed by atoms with Crippen LogP contribution in [-0.2, 0) is 0 Å². The molecule has 0 atom stereocenters. The first-order chi connectivity index (χ1) is 15.7. The van der Waals surface area contributed by atoms with E-state index < -0.39 is 0 Å². The molecule has 0 aliphatic heterocycles. The normalized spacial score (nSPS) is 11.3. The molecule has 0 N–H and O–H groups in total.